The first kappa shape index (κ1) is 15.3. The Morgan fingerprint density at radius 1 is 1.48 bits per heavy atom. The Labute approximate surface area is 121 Å². The number of nitrogens with zero attached hydrogens (tertiary/aromatic N) is 1. The van der Waals surface area contributed by atoms with E-state index in [0.29, 0.717) is 21.9 Å². The van der Waals surface area contributed by atoms with E-state index in [0.717, 1.165) is 11.3 Å². The molecule has 1 N–H and O–H groups in total. The summed E-state index contributed by atoms with van der Waals surface area (Å²) < 4.78 is 42.1. The first-order valence-electron chi connectivity index (χ1n) is 5.87. The molecule has 0 radical (unpaired) electrons. The molecule has 1 heterocycles. The zero-order chi connectivity index (χ0) is 15.6. The third kappa shape index (κ3) is 3.52. The molecule has 2 rings (SSSR count). The van der Waals surface area contributed by atoms with Crippen molar-refractivity contribution >= 4 is 33.6 Å². The number of benzene rings is 1. The number of hydrogen-bond donors (Lipinski definition) is 1. The Bertz CT molecular complexity index is 706. The molecule has 1 aromatic carbocycles. The predicted octanol–water partition coefficient (Wildman–Crippen LogP) is 3.93. The fourth-order valence-corrected chi connectivity index (χ4v) is 2.49. The smallest absolute Gasteiger partial charge is 0.448 e. The summed E-state index contributed by atoms with van der Waals surface area (Å²) in [5.74, 6) is -2.23. The van der Waals surface area contributed by atoms with Gasteiger partial charge in [0.1, 0.15) is 5.01 Å². The van der Waals surface area contributed by atoms with Crippen LogP contribution in [-0.2, 0) is 4.74 Å². The van der Waals surface area contributed by atoms with E-state index < -0.39 is 17.9 Å². The lowest BCUT2D eigenvalue weighted by Crippen LogP contribution is -2.10. The summed E-state index contributed by atoms with van der Waals surface area (Å²) >= 11 is 0.936. The molecule has 0 atom stereocenters. The number of aliphatic hydroxyl groups is 1. The summed E-state index contributed by atoms with van der Waals surface area (Å²) in [7, 11) is 0. The van der Waals surface area contributed by atoms with Gasteiger partial charge in [-0.15, -0.1) is 11.3 Å². The van der Waals surface area contributed by atoms with Gasteiger partial charge in [-0.25, -0.2) is 9.78 Å². The van der Waals surface area contributed by atoms with Crippen molar-refractivity contribution in [2.45, 2.75) is 13.1 Å². The van der Waals surface area contributed by atoms with Gasteiger partial charge in [-0.1, -0.05) is 0 Å². The molecular formula is C13H10F3NO3S. The van der Waals surface area contributed by atoms with Crippen molar-refractivity contribution in [2.24, 2.45) is 0 Å². The molecule has 2 aromatic rings. The SMILES string of the molecule is CCOC(=O)c1ccc2nc(C=C(O)C(F)(F)F)sc2c1. The molecule has 0 saturated carbocycles. The standard InChI is InChI=1S/C13H10F3NO3S/c1-2-20-12(19)7-3-4-8-9(5-7)21-11(17-8)6-10(18)13(14,15)16/h3-6,18H,2H2,1H3. The lowest BCUT2D eigenvalue weighted by atomic mass is 10.2. The minimum atomic E-state index is -4.81. The van der Waals surface area contributed by atoms with Crippen molar-refractivity contribution in [1.82, 2.24) is 4.98 Å². The van der Waals surface area contributed by atoms with Crippen LogP contribution in [-0.4, -0.2) is 28.8 Å². The van der Waals surface area contributed by atoms with Crippen LogP contribution in [0.4, 0.5) is 13.2 Å². The maximum absolute atomic E-state index is 12.2. The molecule has 21 heavy (non-hydrogen) atoms. The van der Waals surface area contributed by atoms with E-state index in [4.69, 9.17) is 9.84 Å². The van der Waals surface area contributed by atoms with Crippen LogP contribution >= 0.6 is 11.3 Å². The molecule has 1 aromatic heterocycles. The molecule has 0 amide bonds. The number of aliphatic hydroxyl groups excluding tert-OH is 1. The summed E-state index contributed by atoms with van der Waals surface area (Å²) in [6.07, 6.45) is -4.26. The zero-order valence-electron chi connectivity index (χ0n) is 10.8. The number of thiazole rings is 1. The molecule has 8 heteroatoms. The monoisotopic (exact) mass is 317 g/mol. The second-order valence-electron chi connectivity index (χ2n) is 3.98. The Balaban J connectivity index is 2.37. The number of rotatable bonds is 3. The van der Waals surface area contributed by atoms with Gasteiger partial charge in [0.15, 0.2) is 0 Å². The summed E-state index contributed by atoms with van der Waals surface area (Å²) in [6.45, 7) is 1.90. The lowest BCUT2D eigenvalue weighted by molar-refractivity contribution is -0.119. The molecule has 0 unspecified atom stereocenters. The van der Waals surface area contributed by atoms with Crippen LogP contribution in [0.3, 0.4) is 0 Å². The highest BCUT2D eigenvalue weighted by molar-refractivity contribution is 7.19. The fraction of sp³-hybridized carbons (Fsp3) is 0.231. The normalized spacial score (nSPS) is 12.7. The lowest BCUT2D eigenvalue weighted by Gasteiger charge is -2.02. The van der Waals surface area contributed by atoms with Crippen LogP contribution in [0, 0.1) is 0 Å². The highest BCUT2D eigenvalue weighted by Gasteiger charge is 2.34. The molecule has 4 nitrogen and oxygen atoms in total. The number of halogens is 3. The first-order valence-corrected chi connectivity index (χ1v) is 6.68. The van der Waals surface area contributed by atoms with Crippen molar-refractivity contribution < 1.29 is 27.8 Å². The number of allylic oxidation sites excluding steroid dienone is 1. The molecule has 0 saturated heterocycles. The molecular weight excluding hydrogens is 307 g/mol. The fourth-order valence-electron chi connectivity index (χ4n) is 1.54. The molecule has 0 bridgehead atoms. The van der Waals surface area contributed by atoms with Crippen molar-refractivity contribution in [3.05, 3.63) is 34.5 Å². The first-order chi connectivity index (χ1) is 9.81. The molecule has 0 aliphatic carbocycles. The van der Waals surface area contributed by atoms with Gasteiger partial charge in [-0.05, 0) is 25.1 Å². The van der Waals surface area contributed by atoms with Gasteiger partial charge >= 0.3 is 12.1 Å². The van der Waals surface area contributed by atoms with Gasteiger partial charge in [0.2, 0.25) is 5.76 Å². The third-order valence-electron chi connectivity index (χ3n) is 2.47. The van der Waals surface area contributed by atoms with Crippen molar-refractivity contribution in [3.63, 3.8) is 0 Å². The van der Waals surface area contributed by atoms with Crippen LogP contribution in [0.1, 0.15) is 22.3 Å². The van der Waals surface area contributed by atoms with Crippen molar-refractivity contribution in [1.29, 1.82) is 0 Å². The number of alkyl halides is 3. The van der Waals surface area contributed by atoms with Crippen LogP contribution in [0.25, 0.3) is 16.3 Å². The van der Waals surface area contributed by atoms with E-state index in [1.807, 2.05) is 0 Å². The number of carbonyl (C=O) groups excluding carboxylic acids is 1. The Hall–Kier alpha value is -2.09. The Kier molecular flexibility index (Phi) is 4.17. The second-order valence-corrected chi connectivity index (χ2v) is 5.04. The number of esters is 1. The van der Waals surface area contributed by atoms with Crippen molar-refractivity contribution in [2.75, 3.05) is 6.61 Å². The molecule has 0 spiro atoms. The maximum Gasteiger partial charge on any atom is 0.448 e. The van der Waals surface area contributed by atoms with Gasteiger partial charge in [-0.3, -0.25) is 0 Å². The van der Waals surface area contributed by atoms with Crippen molar-refractivity contribution in [3.8, 4) is 0 Å². The number of hydrogen-bond acceptors (Lipinski definition) is 5. The van der Waals surface area contributed by atoms with E-state index in [9.17, 15) is 18.0 Å². The maximum atomic E-state index is 12.2. The largest absolute Gasteiger partial charge is 0.504 e. The van der Waals surface area contributed by atoms with E-state index in [-0.39, 0.29) is 11.6 Å². The number of ether oxygens (including phenoxy) is 1. The van der Waals surface area contributed by atoms with Gasteiger partial charge in [0, 0.05) is 6.08 Å². The number of carbonyl (C=O) groups is 1. The highest BCUT2D eigenvalue weighted by atomic mass is 32.1. The predicted molar refractivity (Wildman–Crippen MR) is 72.2 cm³/mol. The quantitative estimate of drug-likeness (QED) is 0.688. The third-order valence-corrected chi connectivity index (χ3v) is 3.43. The molecule has 0 aliphatic rings. The van der Waals surface area contributed by atoms with Crippen LogP contribution in [0.5, 0.6) is 0 Å². The molecule has 0 aliphatic heterocycles. The highest BCUT2D eigenvalue weighted by Crippen LogP contribution is 2.29. The van der Waals surface area contributed by atoms with E-state index in [2.05, 4.69) is 4.98 Å². The minimum Gasteiger partial charge on any atom is -0.504 e. The summed E-state index contributed by atoms with van der Waals surface area (Å²) in [5, 5.41) is 8.91. The van der Waals surface area contributed by atoms with Crippen LogP contribution < -0.4 is 0 Å². The van der Waals surface area contributed by atoms with E-state index in [1.54, 1.807) is 6.92 Å². The van der Waals surface area contributed by atoms with Crippen LogP contribution in [0.2, 0.25) is 0 Å². The molecule has 112 valence electrons. The number of fused-ring (bicyclic) bond motifs is 1. The van der Waals surface area contributed by atoms with Crippen LogP contribution in [0.15, 0.2) is 24.0 Å². The minimum absolute atomic E-state index is 0.000772. The zero-order valence-corrected chi connectivity index (χ0v) is 11.6. The topological polar surface area (TPSA) is 59.4 Å². The summed E-state index contributed by atoms with van der Waals surface area (Å²) in [4.78, 5) is 15.5. The van der Waals surface area contributed by atoms with E-state index >= 15 is 0 Å². The van der Waals surface area contributed by atoms with Gasteiger partial charge in [-0.2, -0.15) is 13.2 Å². The number of aromatic nitrogens is 1. The average Bonchev–Trinajstić information content (AvgIpc) is 2.78. The average molecular weight is 317 g/mol. The van der Waals surface area contributed by atoms with Gasteiger partial charge < -0.3 is 9.84 Å². The van der Waals surface area contributed by atoms with Gasteiger partial charge in [0.05, 0.1) is 22.4 Å². The molecule has 0 fully saturated rings. The summed E-state index contributed by atoms with van der Waals surface area (Å²) in [5.41, 5.74) is 0.734. The Morgan fingerprint density at radius 2 is 2.19 bits per heavy atom. The van der Waals surface area contributed by atoms with Gasteiger partial charge in [0.25, 0.3) is 0 Å². The Morgan fingerprint density at radius 3 is 2.81 bits per heavy atom. The second kappa shape index (κ2) is 5.72. The van der Waals surface area contributed by atoms with E-state index in [1.165, 1.54) is 18.2 Å². The summed E-state index contributed by atoms with van der Waals surface area (Å²) in [6, 6.07) is 4.49.